The number of methoxy groups -OCH3 is 1. The van der Waals surface area contributed by atoms with Gasteiger partial charge in [-0.1, -0.05) is 12.1 Å². The fourth-order valence-electron chi connectivity index (χ4n) is 4.09. The molecule has 0 spiro atoms. The first-order valence-electron chi connectivity index (χ1n) is 10.8. The summed E-state index contributed by atoms with van der Waals surface area (Å²) < 4.78 is 43.2. The number of nitrogens with one attached hydrogen (secondary N) is 2. The summed E-state index contributed by atoms with van der Waals surface area (Å²) in [5, 5.41) is 6.38. The highest BCUT2D eigenvalue weighted by molar-refractivity contribution is 6.00. The normalized spacial score (nSPS) is 18.8. The highest BCUT2D eigenvalue weighted by Gasteiger charge is 2.30. The summed E-state index contributed by atoms with van der Waals surface area (Å²) in [7, 11) is 1.53. The van der Waals surface area contributed by atoms with Crippen LogP contribution < -0.4 is 15.4 Å². The number of aromatic nitrogens is 2. The third-order valence-electron chi connectivity index (χ3n) is 6.00. The van der Waals surface area contributed by atoms with Crippen molar-refractivity contribution in [3.63, 3.8) is 0 Å². The second-order valence-electron chi connectivity index (χ2n) is 8.19. The third kappa shape index (κ3) is 5.60. The van der Waals surface area contributed by atoms with Crippen LogP contribution in [0.5, 0.6) is 5.88 Å². The highest BCUT2D eigenvalue weighted by Crippen LogP contribution is 2.30. The molecule has 0 aliphatic heterocycles. The van der Waals surface area contributed by atoms with Crippen LogP contribution in [0.3, 0.4) is 0 Å². The van der Waals surface area contributed by atoms with Gasteiger partial charge in [-0.2, -0.15) is 13.2 Å². The zero-order valence-corrected chi connectivity index (χ0v) is 18.2. The molecular formula is C24H25F3N4O2. The number of alkyl halides is 3. The molecular weight excluding hydrogens is 433 g/mol. The van der Waals surface area contributed by atoms with Crippen molar-refractivity contribution < 1.29 is 22.7 Å². The highest BCUT2D eigenvalue weighted by atomic mass is 19.4. The topological polar surface area (TPSA) is 76.1 Å². The molecule has 2 aromatic heterocycles. The molecule has 2 heterocycles. The van der Waals surface area contributed by atoms with Crippen molar-refractivity contribution in [3.8, 4) is 5.88 Å². The summed E-state index contributed by atoms with van der Waals surface area (Å²) in [5.41, 5.74) is 2.01. The predicted molar refractivity (Wildman–Crippen MR) is 119 cm³/mol. The van der Waals surface area contributed by atoms with Gasteiger partial charge in [0.15, 0.2) is 0 Å². The monoisotopic (exact) mass is 458 g/mol. The number of pyridine rings is 2. The van der Waals surface area contributed by atoms with E-state index in [0.717, 1.165) is 43.4 Å². The van der Waals surface area contributed by atoms with E-state index in [4.69, 9.17) is 4.74 Å². The maximum atomic E-state index is 12.9. The molecule has 9 heteroatoms. The Morgan fingerprint density at radius 1 is 1.06 bits per heavy atom. The Bertz CT molecular complexity index is 1110. The number of hydrogen-bond donors (Lipinski definition) is 2. The lowest BCUT2D eigenvalue weighted by Gasteiger charge is -2.28. The molecule has 1 aliphatic carbocycles. The molecule has 1 saturated carbocycles. The van der Waals surface area contributed by atoms with Crippen molar-refractivity contribution in [2.45, 2.75) is 44.4 Å². The number of nitrogens with zero attached hydrogens (tertiary/aromatic N) is 2. The molecule has 1 aliphatic rings. The molecule has 0 unspecified atom stereocenters. The Balaban J connectivity index is 1.29. The zero-order chi connectivity index (χ0) is 23.4. The lowest BCUT2D eigenvalue weighted by Crippen LogP contribution is -2.36. The van der Waals surface area contributed by atoms with Crippen LogP contribution in [0.1, 0.15) is 36.8 Å². The maximum absolute atomic E-state index is 12.9. The van der Waals surface area contributed by atoms with E-state index < -0.39 is 11.7 Å². The number of anilines is 1. The predicted octanol–water partition coefficient (Wildman–Crippen LogP) is 4.94. The first kappa shape index (κ1) is 23.0. The molecule has 0 atom stereocenters. The Morgan fingerprint density at radius 3 is 2.45 bits per heavy atom. The van der Waals surface area contributed by atoms with E-state index in [1.54, 1.807) is 24.4 Å². The summed E-state index contributed by atoms with van der Waals surface area (Å²) >= 11 is 0. The Labute approximate surface area is 189 Å². The minimum atomic E-state index is -4.32. The number of carbonyl (C=O) groups is 1. The summed E-state index contributed by atoms with van der Waals surface area (Å²) in [6, 6.07) is 10.7. The van der Waals surface area contributed by atoms with Gasteiger partial charge in [0.05, 0.1) is 23.9 Å². The maximum Gasteiger partial charge on any atom is 0.416 e. The number of benzene rings is 1. The zero-order valence-electron chi connectivity index (χ0n) is 18.2. The van der Waals surface area contributed by atoms with Crippen LogP contribution >= 0.6 is 0 Å². The van der Waals surface area contributed by atoms with Crippen molar-refractivity contribution in [1.82, 2.24) is 15.3 Å². The van der Waals surface area contributed by atoms with Crippen LogP contribution in [0.25, 0.3) is 11.0 Å². The first-order chi connectivity index (χ1) is 15.8. The lowest BCUT2D eigenvalue weighted by molar-refractivity contribution is -0.137. The molecule has 2 N–H and O–H groups in total. The fourth-order valence-corrected chi connectivity index (χ4v) is 4.09. The minimum Gasteiger partial charge on any atom is -0.481 e. The van der Waals surface area contributed by atoms with Crippen molar-refractivity contribution >= 4 is 22.6 Å². The number of halogens is 3. The van der Waals surface area contributed by atoms with Crippen LogP contribution in [-0.2, 0) is 17.5 Å². The van der Waals surface area contributed by atoms with Gasteiger partial charge in [-0.25, -0.2) is 4.98 Å². The van der Waals surface area contributed by atoms with Gasteiger partial charge < -0.3 is 15.4 Å². The summed E-state index contributed by atoms with van der Waals surface area (Å²) in [6.45, 7) is 0.496. The average Bonchev–Trinajstić information content (AvgIpc) is 2.82. The van der Waals surface area contributed by atoms with Gasteiger partial charge in [0.25, 0.3) is 0 Å². The smallest absolute Gasteiger partial charge is 0.416 e. The van der Waals surface area contributed by atoms with Gasteiger partial charge in [0.2, 0.25) is 11.8 Å². The Kier molecular flexibility index (Phi) is 6.78. The molecule has 0 radical (unpaired) electrons. The van der Waals surface area contributed by atoms with Crippen LogP contribution in [0.4, 0.5) is 18.9 Å². The second-order valence-corrected chi connectivity index (χ2v) is 8.19. The number of ether oxygens (including phenoxy) is 1. The van der Waals surface area contributed by atoms with Crippen molar-refractivity contribution in [3.05, 3.63) is 59.8 Å². The van der Waals surface area contributed by atoms with E-state index >= 15 is 0 Å². The molecule has 1 amide bonds. The Hall–Kier alpha value is -3.20. The molecule has 0 saturated heterocycles. The SMILES string of the molecule is COc1ccc2nccc(NC(=O)C3CCC(NCc4ccc(C(F)(F)F)cc4)CC3)c2n1. The quantitative estimate of drug-likeness (QED) is 0.547. The van der Waals surface area contributed by atoms with Gasteiger partial charge in [0.1, 0.15) is 5.52 Å². The number of hydrogen-bond acceptors (Lipinski definition) is 5. The van der Waals surface area contributed by atoms with Gasteiger partial charge in [-0.05, 0) is 55.5 Å². The second kappa shape index (κ2) is 9.74. The van der Waals surface area contributed by atoms with Gasteiger partial charge in [-0.15, -0.1) is 0 Å². The summed E-state index contributed by atoms with van der Waals surface area (Å²) in [4.78, 5) is 21.5. The van der Waals surface area contributed by atoms with E-state index in [2.05, 4.69) is 20.6 Å². The molecule has 4 rings (SSSR count). The van der Waals surface area contributed by atoms with Crippen molar-refractivity contribution in [2.24, 2.45) is 5.92 Å². The average molecular weight is 458 g/mol. The van der Waals surface area contributed by atoms with E-state index in [1.165, 1.54) is 19.2 Å². The van der Waals surface area contributed by atoms with E-state index in [1.807, 2.05) is 0 Å². The molecule has 1 fully saturated rings. The lowest BCUT2D eigenvalue weighted by atomic mass is 9.85. The van der Waals surface area contributed by atoms with Crippen LogP contribution in [0.2, 0.25) is 0 Å². The first-order valence-corrected chi connectivity index (χ1v) is 10.8. The summed E-state index contributed by atoms with van der Waals surface area (Å²) in [6.07, 6.45) is 0.417. The molecule has 174 valence electrons. The molecule has 0 bridgehead atoms. The van der Waals surface area contributed by atoms with E-state index in [0.29, 0.717) is 29.1 Å². The van der Waals surface area contributed by atoms with Crippen molar-refractivity contribution in [2.75, 3.05) is 12.4 Å². The van der Waals surface area contributed by atoms with E-state index in [-0.39, 0.29) is 17.9 Å². The largest absolute Gasteiger partial charge is 0.481 e. The molecule has 6 nitrogen and oxygen atoms in total. The number of amides is 1. The fraction of sp³-hybridized carbons (Fsp3) is 0.375. The number of fused-ring (bicyclic) bond motifs is 1. The molecule has 1 aromatic carbocycles. The van der Waals surface area contributed by atoms with Gasteiger partial charge >= 0.3 is 6.18 Å². The standard InChI is InChI=1S/C24H25F3N4O2/c1-33-21-11-10-19-22(31-21)20(12-13-28-19)30-23(32)16-4-8-18(9-5-16)29-14-15-2-6-17(7-3-15)24(25,26)27/h2-3,6-7,10-13,16,18,29H,4-5,8-9,14H2,1H3,(H,28,30,32). The van der Waals surface area contributed by atoms with E-state index in [9.17, 15) is 18.0 Å². The third-order valence-corrected chi connectivity index (χ3v) is 6.00. The molecule has 3 aromatic rings. The molecule has 33 heavy (non-hydrogen) atoms. The van der Waals surface area contributed by atoms with Crippen molar-refractivity contribution in [1.29, 1.82) is 0 Å². The van der Waals surface area contributed by atoms with Crippen LogP contribution in [0.15, 0.2) is 48.7 Å². The van der Waals surface area contributed by atoms with Gasteiger partial charge in [-0.3, -0.25) is 9.78 Å². The number of carbonyl (C=O) groups excluding carboxylic acids is 1. The van der Waals surface area contributed by atoms with Crippen LogP contribution in [0, 0.1) is 5.92 Å². The summed E-state index contributed by atoms with van der Waals surface area (Å²) in [5.74, 6) is 0.293. The van der Waals surface area contributed by atoms with Crippen LogP contribution in [-0.4, -0.2) is 29.0 Å². The Morgan fingerprint density at radius 2 is 1.79 bits per heavy atom. The van der Waals surface area contributed by atoms with Gasteiger partial charge in [0, 0.05) is 30.8 Å². The minimum absolute atomic E-state index is 0.0479. The number of rotatable bonds is 6.